The monoisotopic (exact) mass is 527 g/mol. The van der Waals surface area contributed by atoms with E-state index in [1.165, 1.54) is 4.90 Å². The Morgan fingerprint density at radius 2 is 1.70 bits per heavy atom. The van der Waals surface area contributed by atoms with Gasteiger partial charge in [0.2, 0.25) is 11.8 Å². The van der Waals surface area contributed by atoms with Crippen molar-refractivity contribution >= 4 is 35.0 Å². The highest BCUT2D eigenvalue weighted by Gasteiger charge is 2.75. The average molecular weight is 528 g/mol. The molecule has 2 saturated heterocycles. The molecule has 1 N–H and O–H groups in total. The highest BCUT2D eigenvalue weighted by molar-refractivity contribution is 6.30. The predicted molar refractivity (Wildman–Crippen MR) is 140 cm³/mol. The van der Waals surface area contributed by atoms with Gasteiger partial charge in [-0.3, -0.25) is 14.4 Å². The Kier molecular flexibility index (Phi) is 6.49. The number of hydrogen-bond donors (Lipinski definition) is 1. The van der Waals surface area contributed by atoms with Crippen LogP contribution in [0.15, 0.2) is 48.6 Å². The summed E-state index contributed by atoms with van der Waals surface area (Å²) in [4.78, 5) is 47.2. The van der Waals surface area contributed by atoms with Crippen LogP contribution >= 0.6 is 11.6 Å². The van der Waals surface area contributed by atoms with Gasteiger partial charge in [-0.15, -0.1) is 0 Å². The van der Waals surface area contributed by atoms with Gasteiger partial charge in [-0.2, -0.15) is 0 Å². The molecule has 198 valence electrons. The molecule has 8 nitrogen and oxygen atoms in total. The first kappa shape index (κ1) is 25.9. The Hall–Kier alpha value is -2.68. The van der Waals surface area contributed by atoms with Crippen molar-refractivity contribution in [3.8, 4) is 0 Å². The summed E-state index contributed by atoms with van der Waals surface area (Å²) < 4.78 is 6.79. The molecule has 4 aliphatic rings. The van der Waals surface area contributed by atoms with E-state index in [4.69, 9.17) is 16.3 Å². The van der Waals surface area contributed by atoms with Crippen LogP contribution in [-0.4, -0.2) is 82.7 Å². The zero-order valence-electron chi connectivity index (χ0n) is 21.6. The molecule has 1 unspecified atom stereocenters. The van der Waals surface area contributed by atoms with E-state index in [2.05, 4.69) is 0 Å². The third-order valence-corrected chi connectivity index (χ3v) is 8.43. The van der Waals surface area contributed by atoms with Crippen LogP contribution < -0.4 is 4.90 Å². The summed E-state index contributed by atoms with van der Waals surface area (Å²) in [6.07, 6.45) is 7.91. The summed E-state index contributed by atoms with van der Waals surface area (Å²) in [5, 5.41) is 11.0. The molecule has 4 aliphatic heterocycles. The second-order valence-corrected chi connectivity index (χ2v) is 11.6. The molecule has 1 aromatic carbocycles. The fourth-order valence-electron chi connectivity index (χ4n) is 6.65. The number of carbonyl (C=O) groups is 3. The molecule has 0 bridgehead atoms. The summed E-state index contributed by atoms with van der Waals surface area (Å²) in [5.41, 5.74) is -1.76. The topological polar surface area (TPSA) is 90.4 Å². The van der Waals surface area contributed by atoms with Crippen LogP contribution in [0.2, 0.25) is 5.02 Å². The zero-order valence-corrected chi connectivity index (χ0v) is 22.4. The number of fused-ring (bicyclic) bond motifs is 2. The molecule has 0 radical (unpaired) electrons. The number of hydrogen-bond acceptors (Lipinski definition) is 5. The SMILES string of the molecule is CC(C)C[C@H](CO)N1C(=O)[C@@H]2[C@@H]3C(=O)N(C)CC=C[C@]3(C)O[C@@]23C=CCN(c2ccc(Cl)cc2)C(=O)C13. The molecule has 3 amide bonds. The molecule has 0 aliphatic carbocycles. The minimum absolute atomic E-state index is 0.171. The van der Waals surface area contributed by atoms with Crippen LogP contribution in [0.25, 0.3) is 0 Å². The summed E-state index contributed by atoms with van der Waals surface area (Å²) >= 11 is 6.09. The lowest BCUT2D eigenvalue weighted by molar-refractivity contribution is -0.151. The summed E-state index contributed by atoms with van der Waals surface area (Å²) in [7, 11) is 1.71. The van der Waals surface area contributed by atoms with Crippen LogP contribution in [0.5, 0.6) is 0 Å². The first-order valence-electron chi connectivity index (χ1n) is 12.8. The van der Waals surface area contributed by atoms with Gasteiger partial charge in [0.1, 0.15) is 11.6 Å². The largest absolute Gasteiger partial charge is 0.394 e. The van der Waals surface area contributed by atoms with Crippen molar-refractivity contribution in [1.29, 1.82) is 0 Å². The van der Waals surface area contributed by atoms with Gasteiger partial charge >= 0.3 is 0 Å². The molecule has 37 heavy (non-hydrogen) atoms. The molecule has 6 atom stereocenters. The molecule has 4 heterocycles. The Labute approximate surface area is 222 Å². The Balaban J connectivity index is 1.68. The molecular formula is C28H34ClN3O5. The average Bonchev–Trinajstić information content (AvgIpc) is 3.13. The van der Waals surface area contributed by atoms with Crippen LogP contribution in [0.4, 0.5) is 5.69 Å². The van der Waals surface area contributed by atoms with Crippen LogP contribution in [0.1, 0.15) is 27.2 Å². The van der Waals surface area contributed by atoms with E-state index < -0.39 is 35.1 Å². The van der Waals surface area contributed by atoms with Gasteiger partial charge < -0.3 is 24.5 Å². The number of amides is 3. The maximum atomic E-state index is 14.4. The number of aliphatic hydroxyl groups is 1. The van der Waals surface area contributed by atoms with Crippen molar-refractivity contribution in [2.75, 3.05) is 31.6 Å². The molecule has 1 spiro atoms. The maximum absolute atomic E-state index is 14.4. The third kappa shape index (κ3) is 3.92. The van der Waals surface area contributed by atoms with E-state index in [1.807, 2.05) is 45.1 Å². The van der Waals surface area contributed by atoms with Gasteiger partial charge in [-0.05, 0) is 43.5 Å². The van der Waals surface area contributed by atoms with Gasteiger partial charge in [0.15, 0.2) is 0 Å². The van der Waals surface area contributed by atoms with Gasteiger partial charge in [-0.1, -0.05) is 49.8 Å². The second kappa shape index (κ2) is 9.26. The molecule has 2 fully saturated rings. The standard InChI is InChI=1S/C28H34ClN3O5/c1-17(2)15-20(16-33)32-23-26(36)31(19-9-7-18(29)8-10-19)14-6-12-28(23)22(25(32)35)21-24(34)30(4)13-5-11-27(21,3)37-28/h5-12,17,20-23,33H,13-16H2,1-4H3/t20-,21-,22+,23?,27+,28+/m1/s1. The van der Waals surface area contributed by atoms with E-state index in [0.717, 1.165) is 0 Å². The van der Waals surface area contributed by atoms with Gasteiger partial charge in [0, 0.05) is 30.8 Å². The number of likely N-dealkylation sites (N-methyl/N-ethyl adjacent to an activating group) is 1. The lowest BCUT2D eigenvalue weighted by Gasteiger charge is -2.40. The predicted octanol–water partition coefficient (Wildman–Crippen LogP) is 2.65. The van der Waals surface area contributed by atoms with E-state index >= 15 is 0 Å². The number of nitrogens with zero attached hydrogens (tertiary/aromatic N) is 3. The van der Waals surface area contributed by atoms with Crippen LogP contribution in [0.3, 0.4) is 0 Å². The smallest absolute Gasteiger partial charge is 0.253 e. The highest BCUT2D eigenvalue weighted by atomic mass is 35.5. The number of rotatable bonds is 5. The fourth-order valence-corrected chi connectivity index (χ4v) is 6.77. The third-order valence-electron chi connectivity index (χ3n) is 8.18. The molecule has 0 saturated carbocycles. The molecule has 5 rings (SSSR count). The Morgan fingerprint density at radius 3 is 2.35 bits per heavy atom. The van der Waals surface area contributed by atoms with Crippen molar-refractivity contribution in [3.63, 3.8) is 0 Å². The van der Waals surface area contributed by atoms with E-state index in [-0.39, 0.29) is 36.8 Å². The Bertz CT molecular complexity index is 1170. The molecule has 9 heteroatoms. The molecule has 1 aromatic rings. The molecular weight excluding hydrogens is 494 g/mol. The van der Waals surface area contributed by atoms with Crippen molar-refractivity contribution in [2.45, 2.75) is 50.5 Å². The lowest BCUT2D eigenvalue weighted by atomic mass is 9.74. The van der Waals surface area contributed by atoms with Gasteiger partial charge in [-0.25, -0.2) is 0 Å². The van der Waals surface area contributed by atoms with Crippen molar-refractivity contribution < 1.29 is 24.2 Å². The van der Waals surface area contributed by atoms with Gasteiger partial charge in [0.05, 0.1) is 30.1 Å². The quantitative estimate of drug-likeness (QED) is 0.595. The lowest BCUT2D eigenvalue weighted by Crippen LogP contribution is -2.59. The van der Waals surface area contributed by atoms with E-state index in [9.17, 15) is 19.5 Å². The number of aliphatic hydroxyl groups excluding tert-OH is 1. The minimum atomic E-state index is -1.35. The van der Waals surface area contributed by atoms with E-state index in [1.54, 1.807) is 41.1 Å². The number of ether oxygens (including phenoxy) is 1. The van der Waals surface area contributed by atoms with E-state index in [0.29, 0.717) is 23.7 Å². The van der Waals surface area contributed by atoms with Crippen molar-refractivity contribution in [1.82, 2.24) is 9.80 Å². The van der Waals surface area contributed by atoms with Gasteiger partial charge in [0.25, 0.3) is 5.91 Å². The van der Waals surface area contributed by atoms with Crippen molar-refractivity contribution in [3.05, 3.63) is 53.6 Å². The second-order valence-electron chi connectivity index (χ2n) is 11.2. The zero-order chi connectivity index (χ0) is 26.7. The number of anilines is 1. The normalized spacial score (nSPS) is 34.0. The first-order valence-corrected chi connectivity index (χ1v) is 13.2. The summed E-state index contributed by atoms with van der Waals surface area (Å²) in [6.45, 7) is 6.24. The van der Waals surface area contributed by atoms with Crippen LogP contribution in [0, 0.1) is 17.8 Å². The summed E-state index contributed by atoms with van der Waals surface area (Å²) in [6, 6.07) is 5.34. The minimum Gasteiger partial charge on any atom is -0.394 e. The number of halogens is 1. The molecule has 0 aromatic heterocycles. The summed E-state index contributed by atoms with van der Waals surface area (Å²) in [5.74, 6) is -2.35. The number of likely N-dealkylation sites (tertiary alicyclic amines) is 1. The maximum Gasteiger partial charge on any atom is 0.253 e. The Morgan fingerprint density at radius 1 is 1.03 bits per heavy atom. The number of benzene rings is 1. The first-order chi connectivity index (χ1) is 17.5. The number of carbonyl (C=O) groups excluding carboxylic acids is 3. The fraction of sp³-hybridized carbons (Fsp3) is 0.536. The highest BCUT2D eigenvalue weighted by Crippen LogP contribution is 2.58. The van der Waals surface area contributed by atoms with Crippen molar-refractivity contribution in [2.24, 2.45) is 17.8 Å². The van der Waals surface area contributed by atoms with Crippen LogP contribution in [-0.2, 0) is 19.1 Å².